The van der Waals surface area contributed by atoms with Gasteiger partial charge < -0.3 is 44.4 Å². The monoisotopic (exact) mass is 939 g/mol. The van der Waals surface area contributed by atoms with Crippen molar-refractivity contribution in [3.8, 4) is 45.4 Å². The van der Waals surface area contributed by atoms with Crippen LogP contribution >= 0.6 is 0 Å². The molecule has 4 atom stereocenters. The Hall–Kier alpha value is -6.75. The molecule has 2 aliphatic carbocycles. The molecule has 5 N–H and O–H groups in total. The molecule has 10 rings (SSSR count). The number of H-pyrrole nitrogens is 1. The molecule has 0 bridgehead atoms. The van der Waals surface area contributed by atoms with Gasteiger partial charge in [0.1, 0.15) is 28.3 Å². The number of aromatic amines is 1. The molecule has 0 radical (unpaired) electrons. The first-order valence-electron chi connectivity index (χ1n) is 25.2. The zero-order valence-electron chi connectivity index (χ0n) is 40.4. The summed E-state index contributed by atoms with van der Waals surface area (Å²) in [6, 6.07) is 39.8. The maximum Gasteiger partial charge on any atom is 0.204 e. The minimum atomic E-state index is -0.823. The largest absolute Gasteiger partial charge is 0.508 e. The number of methoxy groups -OCH3 is 1. The number of piperazine rings is 1. The van der Waals surface area contributed by atoms with Crippen molar-refractivity contribution < 1.29 is 29.2 Å². The molecule has 362 valence electrons. The molecule has 0 unspecified atom stereocenters. The van der Waals surface area contributed by atoms with Crippen molar-refractivity contribution in [3.63, 3.8) is 0 Å². The molecule has 7 aromatic rings. The summed E-state index contributed by atoms with van der Waals surface area (Å²) in [6.07, 6.45) is 12.4. The number of aliphatic hydroxyl groups is 1. The number of hydrogen-bond acceptors (Lipinski definition) is 9. The first kappa shape index (κ1) is 47.0. The molecule has 10 nitrogen and oxygen atoms in total. The molecule has 10 heteroatoms. The number of aryl methyl sites for hydroxylation is 2. The van der Waals surface area contributed by atoms with E-state index in [9.17, 15) is 20.1 Å². The van der Waals surface area contributed by atoms with E-state index in [4.69, 9.17) is 13.9 Å². The summed E-state index contributed by atoms with van der Waals surface area (Å²) in [5.41, 5.74) is 8.22. The van der Waals surface area contributed by atoms with Crippen LogP contribution in [0.5, 0.6) is 23.0 Å². The molecule has 1 spiro atoms. The van der Waals surface area contributed by atoms with Crippen molar-refractivity contribution in [3.05, 3.63) is 166 Å². The smallest absolute Gasteiger partial charge is 0.204 e. The van der Waals surface area contributed by atoms with Gasteiger partial charge in [-0.1, -0.05) is 117 Å². The van der Waals surface area contributed by atoms with Crippen LogP contribution in [0.15, 0.2) is 137 Å². The van der Waals surface area contributed by atoms with Gasteiger partial charge in [-0.05, 0) is 109 Å². The summed E-state index contributed by atoms with van der Waals surface area (Å²) < 4.78 is 18.7. The van der Waals surface area contributed by atoms with E-state index >= 15 is 0 Å². The molecule has 5 aromatic carbocycles. The van der Waals surface area contributed by atoms with Crippen molar-refractivity contribution >= 4 is 22.9 Å². The van der Waals surface area contributed by atoms with Crippen LogP contribution in [0.1, 0.15) is 79.8 Å². The number of hydrogen-bond donors (Lipinski definition) is 5. The van der Waals surface area contributed by atoms with E-state index in [1.165, 1.54) is 86.5 Å². The Morgan fingerprint density at radius 3 is 2.34 bits per heavy atom. The van der Waals surface area contributed by atoms with Crippen LogP contribution in [0.4, 0.5) is 5.82 Å². The van der Waals surface area contributed by atoms with E-state index in [-0.39, 0.29) is 69.0 Å². The number of nitrogens with one attached hydrogen (secondary N) is 2. The van der Waals surface area contributed by atoms with Gasteiger partial charge in [-0.3, -0.25) is 4.79 Å². The first-order valence-corrected chi connectivity index (χ1v) is 25.2. The van der Waals surface area contributed by atoms with Crippen LogP contribution in [-0.2, 0) is 24.7 Å². The van der Waals surface area contributed by atoms with Gasteiger partial charge >= 0.3 is 0 Å². The second-order valence-electron chi connectivity index (χ2n) is 19.9. The fraction of sp³-hybridized carbons (Fsp3) is 0.350. The Morgan fingerprint density at radius 2 is 1.57 bits per heavy atom. The number of benzene rings is 5. The normalized spacial score (nSPS) is 20.7. The molecule has 3 fully saturated rings. The van der Waals surface area contributed by atoms with Crippen molar-refractivity contribution in [2.75, 3.05) is 44.8 Å². The van der Waals surface area contributed by atoms with Gasteiger partial charge in [0, 0.05) is 66.5 Å². The van der Waals surface area contributed by atoms with Crippen molar-refractivity contribution in [2.45, 2.75) is 82.7 Å². The molecule has 1 aliphatic heterocycles. The predicted octanol–water partition coefficient (Wildman–Crippen LogP) is 11.4. The van der Waals surface area contributed by atoms with E-state index in [1.54, 1.807) is 18.2 Å². The number of ether oxygens (including phenoxy) is 2. The Labute approximate surface area is 410 Å². The molecule has 0 amide bonds. The Balaban J connectivity index is 0.978. The van der Waals surface area contributed by atoms with Gasteiger partial charge in [-0.15, -0.1) is 0 Å². The lowest BCUT2D eigenvalue weighted by atomic mass is 9.58. The Kier molecular flexibility index (Phi) is 13.6. The summed E-state index contributed by atoms with van der Waals surface area (Å²) in [5.74, 6) is 2.09. The zero-order valence-corrected chi connectivity index (χ0v) is 40.4. The Bertz CT molecular complexity index is 3010. The summed E-state index contributed by atoms with van der Waals surface area (Å²) in [7, 11) is 1.44. The molecule has 2 saturated carbocycles. The summed E-state index contributed by atoms with van der Waals surface area (Å²) >= 11 is 0. The number of nitrogens with zero attached hydrogens (tertiary/aromatic N) is 1. The second-order valence-corrected chi connectivity index (χ2v) is 19.9. The van der Waals surface area contributed by atoms with Crippen LogP contribution in [-0.4, -0.2) is 66.3 Å². The maximum atomic E-state index is 14.3. The number of fused-ring (bicyclic) bond motifs is 1. The lowest BCUT2D eigenvalue weighted by molar-refractivity contribution is 0.105. The molecule has 70 heavy (non-hydrogen) atoms. The zero-order chi connectivity index (χ0) is 48.2. The number of rotatable bonds is 16. The molecular formula is C60H65N3O7. The minimum Gasteiger partial charge on any atom is -0.508 e. The predicted molar refractivity (Wildman–Crippen MR) is 279 cm³/mol. The van der Waals surface area contributed by atoms with Gasteiger partial charge in [0.15, 0.2) is 16.9 Å². The fourth-order valence-electron chi connectivity index (χ4n) is 12.2. The highest BCUT2D eigenvalue weighted by Gasteiger charge is 2.58. The SMILES string of the molecule is COc1c(O)c(CCc2cccc(-c3cc([C@@]4(C)CCC[C@]45CCC[C@H]5Cc4ccccc4)[nH]c3N3CCNCC3)c2)c2oc(-c3ccc(O)cc3)cc(=O)c2c1OCC[C@@H](O)/C=C/c1ccccc1. The number of aromatic hydroxyl groups is 2. The van der Waals surface area contributed by atoms with Gasteiger partial charge in [0.2, 0.25) is 5.75 Å². The first-order chi connectivity index (χ1) is 34.1. The third-order valence-electron chi connectivity index (χ3n) is 15.9. The molecular weight excluding hydrogens is 875 g/mol. The third-order valence-corrected chi connectivity index (χ3v) is 15.9. The fourth-order valence-corrected chi connectivity index (χ4v) is 12.2. The molecule has 1 saturated heterocycles. The molecule has 3 heterocycles. The number of anilines is 1. The Morgan fingerprint density at radius 1 is 0.829 bits per heavy atom. The maximum absolute atomic E-state index is 14.3. The standard InChI is InChI=1S/C60H65N3O7/c1-59(28-11-30-60(59)29-10-18-45(60)37-41-14-7-4-8-15-41)52-38-49(58(62-52)63-33-31-61-32-34-63)44-17-9-16-42(36-44)20-26-48-54(67)57(68-2)56(69-35-27-47(65)23-19-40-12-5-3-6-13-40)53-50(66)39-51(70-55(48)53)43-21-24-46(64)25-22-43/h3-9,12-17,19,21-25,36,38-39,45,47,61-62,64-65,67H,10-11,18,20,26-35,37H2,1-2H3/b23-19+/t45-,47-,59+,60-/m0/s1. The van der Waals surface area contributed by atoms with Gasteiger partial charge in [-0.2, -0.15) is 0 Å². The minimum absolute atomic E-state index is 0.0111. The van der Waals surface area contributed by atoms with Gasteiger partial charge in [-0.25, -0.2) is 0 Å². The third kappa shape index (κ3) is 9.22. The van der Waals surface area contributed by atoms with E-state index in [2.05, 4.69) is 82.8 Å². The summed E-state index contributed by atoms with van der Waals surface area (Å²) in [5, 5.41) is 36.7. The molecule has 3 aliphatic rings. The summed E-state index contributed by atoms with van der Waals surface area (Å²) in [4.78, 5) is 20.9. The van der Waals surface area contributed by atoms with E-state index in [0.29, 0.717) is 29.9 Å². The van der Waals surface area contributed by atoms with Crippen LogP contribution < -0.4 is 25.1 Å². The highest BCUT2D eigenvalue weighted by Crippen LogP contribution is 2.65. The van der Waals surface area contributed by atoms with E-state index < -0.39 is 6.10 Å². The van der Waals surface area contributed by atoms with Crippen LogP contribution in [0, 0.1) is 11.3 Å². The van der Waals surface area contributed by atoms with Gasteiger partial charge in [0.05, 0.1) is 19.8 Å². The number of aliphatic hydroxyl groups excluding tert-OH is 1. The lowest BCUT2D eigenvalue weighted by Gasteiger charge is -2.46. The lowest BCUT2D eigenvalue weighted by Crippen LogP contribution is -2.44. The molecule has 2 aromatic heterocycles. The van der Waals surface area contributed by atoms with E-state index in [1.807, 2.05) is 36.4 Å². The second kappa shape index (κ2) is 20.3. The highest BCUT2D eigenvalue weighted by atomic mass is 16.5. The number of phenols is 2. The van der Waals surface area contributed by atoms with Crippen molar-refractivity contribution in [2.24, 2.45) is 11.3 Å². The van der Waals surface area contributed by atoms with Crippen LogP contribution in [0.3, 0.4) is 0 Å². The average Bonchev–Trinajstić information content (AvgIpc) is 4.12. The average molecular weight is 940 g/mol. The van der Waals surface area contributed by atoms with E-state index in [0.717, 1.165) is 49.3 Å². The topological polar surface area (TPSA) is 140 Å². The quantitative estimate of drug-likeness (QED) is 0.0640. The number of aromatic nitrogens is 1. The summed E-state index contributed by atoms with van der Waals surface area (Å²) in [6.45, 7) is 6.28. The highest BCUT2D eigenvalue weighted by molar-refractivity contribution is 5.93. The van der Waals surface area contributed by atoms with Crippen LogP contribution in [0.25, 0.3) is 39.5 Å². The van der Waals surface area contributed by atoms with Crippen molar-refractivity contribution in [1.82, 2.24) is 10.3 Å². The van der Waals surface area contributed by atoms with Crippen molar-refractivity contribution in [1.29, 1.82) is 0 Å². The van der Waals surface area contributed by atoms with Crippen LogP contribution in [0.2, 0.25) is 0 Å². The van der Waals surface area contributed by atoms with Gasteiger partial charge in [0.25, 0.3) is 0 Å². The number of phenolic OH excluding ortho intramolecular Hbond substituents is 2.